The summed E-state index contributed by atoms with van der Waals surface area (Å²) in [5.41, 5.74) is 6.21. The van der Waals surface area contributed by atoms with Gasteiger partial charge in [-0.2, -0.15) is 0 Å². The van der Waals surface area contributed by atoms with Gasteiger partial charge in [-0.25, -0.2) is 0 Å². The molecule has 0 amide bonds. The van der Waals surface area contributed by atoms with Gasteiger partial charge in [0.1, 0.15) is 6.04 Å². The Kier molecular flexibility index (Phi) is 5.24. The lowest BCUT2D eigenvalue weighted by molar-refractivity contribution is -0.385. The van der Waals surface area contributed by atoms with Crippen molar-refractivity contribution < 1.29 is 14.5 Å². The number of rotatable bonds is 5. The van der Waals surface area contributed by atoms with Crippen LogP contribution in [0.1, 0.15) is 12.5 Å². The molecule has 6 nitrogen and oxygen atoms in total. The molecule has 0 aromatic heterocycles. The van der Waals surface area contributed by atoms with Crippen LogP contribution in [0.25, 0.3) is 0 Å². The first-order valence-corrected chi connectivity index (χ1v) is 6.10. The maximum Gasteiger partial charge on any atom is 0.323 e. The molecule has 0 fully saturated rings. The molecule has 1 unspecified atom stereocenters. The molecule has 0 heterocycles. The molecule has 18 heavy (non-hydrogen) atoms. The minimum atomic E-state index is -0.830. The van der Waals surface area contributed by atoms with Gasteiger partial charge in [0.25, 0.3) is 5.69 Å². The summed E-state index contributed by atoms with van der Waals surface area (Å²) in [6.45, 7) is 1.94. The summed E-state index contributed by atoms with van der Waals surface area (Å²) in [6.07, 6.45) is 0.182. The van der Waals surface area contributed by atoms with Gasteiger partial charge in [0.2, 0.25) is 0 Å². The Morgan fingerprint density at radius 3 is 2.83 bits per heavy atom. The van der Waals surface area contributed by atoms with Gasteiger partial charge in [0, 0.05) is 6.07 Å². The molecule has 0 saturated carbocycles. The Hall–Kier alpha value is -1.47. The van der Waals surface area contributed by atoms with E-state index in [2.05, 4.69) is 15.9 Å². The van der Waals surface area contributed by atoms with E-state index in [0.29, 0.717) is 10.0 Å². The van der Waals surface area contributed by atoms with Crippen molar-refractivity contribution in [1.82, 2.24) is 0 Å². The molecular formula is C11H13BrN2O4. The second-order valence-corrected chi connectivity index (χ2v) is 4.36. The van der Waals surface area contributed by atoms with Crippen LogP contribution >= 0.6 is 15.9 Å². The Morgan fingerprint density at radius 1 is 1.61 bits per heavy atom. The largest absolute Gasteiger partial charge is 0.465 e. The first-order chi connectivity index (χ1) is 8.47. The number of ether oxygens (including phenoxy) is 1. The molecule has 0 spiro atoms. The third kappa shape index (κ3) is 3.51. The molecule has 0 aliphatic rings. The van der Waals surface area contributed by atoms with Crippen LogP contribution in [-0.4, -0.2) is 23.5 Å². The number of nitro groups is 1. The number of halogens is 1. The SMILES string of the molecule is CCOC(=O)C(N)Cc1cccc([N+](=O)[O-])c1Br. The Morgan fingerprint density at radius 2 is 2.28 bits per heavy atom. The zero-order chi connectivity index (χ0) is 13.7. The zero-order valence-electron chi connectivity index (χ0n) is 9.76. The first kappa shape index (κ1) is 14.6. The van der Waals surface area contributed by atoms with Gasteiger partial charge >= 0.3 is 5.97 Å². The minimum absolute atomic E-state index is 0.0523. The van der Waals surface area contributed by atoms with Gasteiger partial charge in [0.15, 0.2) is 0 Å². The van der Waals surface area contributed by atoms with E-state index in [1.165, 1.54) is 6.07 Å². The molecule has 2 N–H and O–H groups in total. The van der Waals surface area contributed by atoms with Gasteiger partial charge < -0.3 is 10.5 Å². The highest BCUT2D eigenvalue weighted by Crippen LogP contribution is 2.28. The number of esters is 1. The normalized spacial score (nSPS) is 11.9. The molecule has 98 valence electrons. The highest BCUT2D eigenvalue weighted by atomic mass is 79.9. The fourth-order valence-corrected chi connectivity index (χ4v) is 2.01. The van der Waals surface area contributed by atoms with Crippen molar-refractivity contribution in [2.75, 3.05) is 6.61 Å². The summed E-state index contributed by atoms with van der Waals surface area (Å²) in [7, 11) is 0. The molecule has 0 saturated heterocycles. The number of hydrogen-bond donors (Lipinski definition) is 1. The van der Waals surface area contributed by atoms with Crippen LogP contribution in [0.5, 0.6) is 0 Å². The lowest BCUT2D eigenvalue weighted by Gasteiger charge is -2.11. The minimum Gasteiger partial charge on any atom is -0.465 e. The number of nitro benzene ring substituents is 1. The van der Waals surface area contributed by atoms with E-state index >= 15 is 0 Å². The average Bonchev–Trinajstić information content (AvgIpc) is 2.31. The van der Waals surface area contributed by atoms with E-state index < -0.39 is 16.9 Å². The first-order valence-electron chi connectivity index (χ1n) is 5.31. The third-order valence-electron chi connectivity index (χ3n) is 2.28. The Balaban J connectivity index is 2.88. The van der Waals surface area contributed by atoms with Crippen molar-refractivity contribution in [1.29, 1.82) is 0 Å². The quantitative estimate of drug-likeness (QED) is 0.507. The number of nitrogens with zero attached hydrogens (tertiary/aromatic N) is 1. The van der Waals surface area contributed by atoms with Crippen molar-refractivity contribution in [3.05, 3.63) is 38.3 Å². The van der Waals surface area contributed by atoms with Crippen molar-refractivity contribution >= 4 is 27.6 Å². The van der Waals surface area contributed by atoms with E-state index in [4.69, 9.17) is 10.5 Å². The third-order valence-corrected chi connectivity index (χ3v) is 3.20. The van der Waals surface area contributed by atoms with Crippen LogP contribution in [0.2, 0.25) is 0 Å². The molecule has 0 aliphatic carbocycles. The molecule has 7 heteroatoms. The highest BCUT2D eigenvalue weighted by Gasteiger charge is 2.20. The van der Waals surface area contributed by atoms with E-state index in [1.54, 1.807) is 19.1 Å². The van der Waals surface area contributed by atoms with E-state index in [9.17, 15) is 14.9 Å². The molecule has 0 bridgehead atoms. The summed E-state index contributed by atoms with van der Waals surface area (Å²) in [5, 5.41) is 10.7. The van der Waals surface area contributed by atoms with Gasteiger partial charge in [-0.05, 0) is 34.8 Å². The second kappa shape index (κ2) is 6.46. The average molecular weight is 317 g/mol. The van der Waals surface area contributed by atoms with Gasteiger partial charge in [-0.1, -0.05) is 12.1 Å². The molecule has 0 radical (unpaired) electrons. The fourth-order valence-electron chi connectivity index (χ4n) is 1.43. The number of nitrogens with two attached hydrogens (primary N) is 1. The summed E-state index contributed by atoms with van der Waals surface area (Å²) in [5.74, 6) is -0.518. The molecule has 1 aromatic carbocycles. The summed E-state index contributed by atoms with van der Waals surface area (Å²) < 4.78 is 5.12. The van der Waals surface area contributed by atoms with Crippen molar-refractivity contribution in [3.8, 4) is 0 Å². The second-order valence-electron chi connectivity index (χ2n) is 3.57. The van der Waals surface area contributed by atoms with Gasteiger partial charge in [0.05, 0.1) is 16.0 Å². The van der Waals surface area contributed by atoms with E-state index in [-0.39, 0.29) is 18.7 Å². The van der Waals surface area contributed by atoms with Crippen LogP contribution in [0, 0.1) is 10.1 Å². The molecular weight excluding hydrogens is 304 g/mol. The predicted molar refractivity (Wildman–Crippen MR) is 69.1 cm³/mol. The Bertz CT molecular complexity index is 464. The number of carbonyl (C=O) groups is 1. The van der Waals surface area contributed by atoms with Crippen LogP contribution in [-0.2, 0) is 16.0 Å². The lowest BCUT2D eigenvalue weighted by Crippen LogP contribution is -2.34. The maximum atomic E-state index is 11.4. The van der Waals surface area contributed by atoms with E-state index in [1.807, 2.05) is 0 Å². The zero-order valence-corrected chi connectivity index (χ0v) is 11.3. The maximum absolute atomic E-state index is 11.4. The standard InChI is InChI=1S/C11H13BrN2O4/c1-2-18-11(15)8(13)6-7-4-3-5-9(10(7)12)14(16)17/h3-5,8H,2,6,13H2,1H3. The molecule has 0 aliphatic heterocycles. The lowest BCUT2D eigenvalue weighted by atomic mass is 10.1. The van der Waals surface area contributed by atoms with Crippen LogP contribution in [0.3, 0.4) is 0 Å². The highest BCUT2D eigenvalue weighted by molar-refractivity contribution is 9.10. The topological polar surface area (TPSA) is 95.5 Å². The molecule has 1 rings (SSSR count). The predicted octanol–water partition coefficient (Wildman–Crippen LogP) is 1.79. The number of carbonyl (C=O) groups excluding carboxylic acids is 1. The van der Waals surface area contributed by atoms with Crippen LogP contribution in [0.15, 0.2) is 22.7 Å². The van der Waals surface area contributed by atoms with Crippen molar-refractivity contribution in [2.45, 2.75) is 19.4 Å². The number of hydrogen-bond acceptors (Lipinski definition) is 5. The van der Waals surface area contributed by atoms with Crippen LogP contribution in [0.4, 0.5) is 5.69 Å². The number of benzene rings is 1. The van der Waals surface area contributed by atoms with Crippen LogP contribution < -0.4 is 5.73 Å². The smallest absolute Gasteiger partial charge is 0.323 e. The monoisotopic (exact) mass is 316 g/mol. The van der Waals surface area contributed by atoms with Gasteiger partial charge in [-0.15, -0.1) is 0 Å². The Labute approximate surface area is 112 Å². The van der Waals surface area contributed by atoms with Gasteiger partial charge in [-0.3, -0.25) is 14.9 Å². The summed E-state index contributed by atoms with van der Waals surface area (Å²) in [4.78, 5) is 21.6. The summed E-state index contributed by atoms with van der Waals surface area (Å²) in [6, 6.07) is 3.78. The van der Waals surface area contributed by atoms with Crippen molar-refractivity contribution in [3.63, 3.8) is 0 Å². The fraction of sp³-hybridized carbons (Fsp3) is 0.364. The molecule has 1 aromatic rings. The van der Waals surface area contributed by atoms with E-state index in [0.717, 1.165) is 0 Å². The molecule has 1 atom stereocenters. The summed E-state index contributed by atoms with van der Waals surface area (Å²) >= 11 is 3.15. The van der Waals surface area contributed by atoms with Crippen molar-refractivity contribution in [2.24, 2.45) is 5.73 Å².